The van der Waals surface area contributed by atoms with Crippen molar-refractivity contribution in [3.8, 4) is 11.5 Å². The third-order valence-electron chi connectivity index (χ3n) is 6.31. The summed E-state index contributed by atoms with van der Waals surface area (Å²) in [5.41, 5.74) is 2.33. The summed E-state index contributed by atoms with van der Waals surface area (Å²) in [7, 11) is -3.94. The topological polar surface area (TPSA) is 128 Å². The maximum atomic E-state index is 13.4. The number of unbranched alkanes of at least 4 members (excludes halogenated alkanes) is 1. The monoisotopic (exact) mass is 600 g/mol. The van der Waals surface area contributed by atoms with Crippen molar-refractivity contribution in [2.24, 2.45) is 0 Å². The second-order valence-electron chi connectivity index (χ2n) is 9.79. The molecule has 4 aromatic rings. The summed E-state index contributed by atoms with van der Waals surface area (Å²) in [6.45, 7) is 4.52. The lowest BCUT2D eigenvalue weighted by Crippen LogP contribution is -2.14. The van der Waals surface area contributed by atoms with E-state index in [1.54, 1.807) is 54.6 Å². The molecule has 0 saturated heterocycles. The van der Waals surface area contributed by atoms with E-state index in [0.717, 1.165) is 18.4 Å². The van der Waals surface area contributed by atoms with Crippen LogP contribution >= 0.6 is 0 Å². The molecule has 2 N–H and O–H groups in total. The van der Waals surface area contributed by atoms with Crippen molar-refractivity contribution in [1.29, 1.82) is 0 Å². The predicted octanol–water partition coefficient (Wildman–Crippen LogP) is 6.49. The van der Waals surface area contributed by atoms with Crippen LogP contribution in [0.2, 0.25) is 0 Å². The molecule has 0 aliphatic carbocycles. The first-order chi connectivity index (χ1) is 20.6. The summed E-state index contributed by atoms with van der Waals surface area (Å²) in [5, 5.41) is 3.95. The van der Waals surface area contributed by atoms with Crippen molar-refractivity contribution < 1.29 is 32.3 Å². The van der Waals surface area contributed by atoms with Gasteiger partial charge in [-0.25, -0.2) is 8.42 Å². The van der Waals surface area contributed by atoms with Gasteiger partial charge in [0.2, 0.25) is 5.91 Å². The molecule has 0 heterocycles. The summed E-state index contributed by atoms with van der Waals surface area (Å²) >= 11 is 0. The smallest absolute Gasteiger partial charge is 0.308 e. The molecule has 43 heavy (non-hydrogen) atoms. The first-order valence-electron chi connectivity index (χ1n) is 13.7. The van der Waals surface area contributed by atoms with Gasteiger partial charge in [0.1, 0.15) is 0 Å². The van der Waals surface area contributed by atoms with Gasteiger partial charge in [0.05, 0.1) is 4.90 Å². The summed E-state index contributed by atoms with van der Waals surface area (Å²) in [4.78, 5) is 36.1. The number of carbonyl (C=O) groups excluding carboxylic acids is 3. The number of anilines is 2. The first kappa shape index (κ1) is 31.0. The minimum Gasteiger partial charge on any atom is -0.423 e. The molecular weight excluding hydrogens is 568 g/mol. The Morgan fingerprint density at radius 1 is 0.814 bits per heavy atom. The van der Waals surface area contributed by atoms with E-state index in [-0.39, 0.29) is 16.4 Å². The molecule has 0 saturated carbocycles. The first-order valence-corrected chi connectivity index (χ1v) is 15.2. The van der Waals surface area contributed by atoms with E-state index in [9.17, 15) is 22.8 Å². The molecule has 0 radical (unpaired) electrons. The number of aryl methyl sites for hydroxylation is 1. The summed E-state index contributed by atoms with van der Waals surface area (Å²) in [6.07, 6.45) is 5.37. The van der Waals surface area contributed by atoms with E-state index < -0.39 is 27.9 Å². The van der Waals surface area contributed by atoms with Crippen molar-refractivity contribution in [3.63, 3.8) is 0 Å². The predicted molar refractivity (Wildman–Crippen MR) is 167 cm³/mol. The number of carbonyl (C=O) groups is 3. The number of hydrogen-bond donors (Lipinski definition) is 2. The molecule has 0 bridgehead atoms. The Labute approximate surface area is 250 Å². The number of hydrogen-bond acceptors (Lipinski definition) is 7. The number of benzene rings is 4. The normalized spacial score (nSPS) is 11.3. The van der Waals surface area contributed by atoms with Gasteiger partial charge in [0.25, 0.3) is 10.0 Å². The molecule has 4 aromatic carbocycles. The zero-order chi connectivity index (χ0) is 31.0. The molecule has 1 amide bonds. The van der Waals surface area contributed by atoms with E-state index in [4.69, 9.17) is 9.47 Å². The summed E-state index contributed by atoms with van der Waals surface area (Å²) in [6, 6.07) is 21.8. The van der Waals surface area contributed by atoms with Crippen molar-refractivity contribution in [2.75, 3.05) is 10.0 Å². The van der Waals surface area contributed by atoms with E-state index in [1.165, 1.54) is 38.1 Å². The minimum absolute atomic E-state index is 0.0396. The van der Waals surface area contributed by atoms with Gasteiger partial charge < -0.3 is 14.8 Å². The highest BCUT2D eigenvalue weighted by Gasteiger charge is 2.20. The van der Waals surface area contributed by atoms with Crippen LogP contribution in [0, 0.1) is 0 Å². The number of esters is 2. The van der Waals surface area contributed by atoms with Crippen LogP contribution in [0.25, 0.3) is 16.8 Å². The lowest BCUT2D eigenvalue weighted by Gasteiger charge is -2.15. The van der Waals surface area contributed by atoms with Gasteiger partial charge in [-0.3, -0.25) is 19.1 Å². The summed E-state index contributed by atoms with van der Waals surface area (Å²) in [5.74, 6) is -1.51. The highest BCUT2D eigenvalue weighted by molar-refractivity contribution is 7.93. The molecule has 0 aliphatic rings. The Hall–Kier alpha value is -4.96. The van der Waals surface area contributed by atoms with E-state index >= 15 is 0 Å². The zero-order valence-corrected chi connectivity index (χ0v) is 24.9. The van der Waals surface area contributed by atoms with Gasteiger partial charge in [0.15, 0.2) is 11.5 Å². The maximum Gasteiger partial charge on any atom is 0.308 e. The number of ether oxygens (including phenoxy) is 2. The number of nitrogens with one attached hydrogen (secondary N) is 2. The van der Waals surface area contributed by atoms with E-state index in [1.807, 2.05) is 12.1 Å². The van der Waals surface area contributed by atoms with Crippen LogP contribution in [0.15, 0.2) is 89.8 Å². The van der Waals surface area contributed by atoms with Gasteiger partial charge in [-0.2, -0.15) is 0 Å². The zero-order valence-electron chi connectivity index (χ0n) is 24.0. The lowest BCUT2D eigenvalue weighted by molar-refractivity contribution is -0.134. The minimum atomic E-state index is -3.94. The average molecular weight is 601 g/mol. The third-order valence-corrected chi connectivity index (χ3v) is 7.75. The highest BCUT2D eigenvalue weighted by Crippen LogP contribution is 2.33. The van der Waals surface area contributed by atoms with Crippen molar-refractivity contribution >= 4 is 56.1 Å². The highest BCUT2D eigenvalue weighted by atomic mass is 32.2. The van der Waals surface area contributed by atoms with Crippen LogP contribution < -0.4 is 19.5 Å². The molecule has 0 aliphatic heterocycles. The molecule has 10 heteroatoms. The molecule has 4 rings (SSSR count). The fourth-order valence-electron chi connectivity index (χ4n) is 4.45. The number of sulfonamides is 1. The van der Waals surface area contributed by atoms with Gasteiger partial charge in [-0.1, -0.05) is 49.7 Å². The average Bonchev–Trinajstić information content (AvgIpc) is 2.95. The second kappa shape index (κ2) is 13.8. The largest absolute Gasteiger partial charge is 0.423 e. The van der Waals surface area contributed by atoms with Gasteiger partial charge in [-0.15, -0.1) is 0 Å². The Morgan fingerprint density at radius 2 is 1.53 bits per heavy atom. The van der Waals surface area contributed by atoms with Crippen molar-refractivity contribution in [3.05, 3.63) is 96.1 Å². The van der Waals surface area contributed by atoms with Gasteiger partial charge in [0, 0.05) is 42.1 Å². The van der Waals surface area contributed by atoms with Gasteiger partial charge >= 0.3 is 11.9 Å². The maximum absolute atomic E-state index is 13.4. The molecule has 0 spiro atoms. The van der Waals surface area contributed by atoms with Crippen LogP contribution in [0.1, 0.15) is 44.7 Å². The van der Waals surface area contributed by atoms with Crippen LogP contribution in [0.4, 0.5) is 11.4 Å². The number of rotatable bonds is 11. The van der Waals surface area contributed by atoms with Gasteiger partial charge in [-0.05, 0) is 72.5 Å². The standard InChI is InChI=1S/C33H32N2O7S/c1-4-5-10-25-19-28-27(13-9-14-32(28)43(39,40)35-26-11-7-6-8-12-26)29(20-25)34-33(38)18-16-24-15-17-30(41-22(2)36)31(21-24)42-23(3)37/h6-9,11-21,35H,4-5,10H2,1-3H3,(H,34,38)/b18-16+. The SMILES string of the molecule is CCCCc1cc(NC(=O)/C=C/c2ccc(OC(C)=O)c(OC(C)=O)c2)c2cccc(S(=O)(=O)Nc3ccccc3)c2c1. The molecule has 0 aromatic heterocycles. The molecule has 0 fully saturated rings. The summed E-state index contributed by atoms with van der Waals surface area (Å²) < 4.78 is 39.8. The second-order valence-corrected chi connectivity index (χ2v) is 11.4. The van der Waals surface area contributed by atoms with Crippen LogP contribution in [-0.2, 0) is 30.8 Å². The molecule has 0 atom stereocenters. The van der Waals surface area contributed by atoms with E-state index in [0.29, 0.717) is 34.1 Å². The van der Waals surface area contributed by atoms with Crippen LogP contribution in [-0.4, -0.2) is 26.3 Å². The van der Waals surface area contributed by atoms with Crippen LogP contribution in [0.3, 0.4) is 0 Å². The molecular formula is C33H32N2O7S. The third kappa shape index (κ3) is 8.30. The fourth-order valence-corrected chi connectivity index (χ4v) is 5.72. The lowest BCUT2D eigenvalue weighted by atomic mass is 10.0. The molecule has 0 unspecified atom stereocenters. The molecule has 222 valence electrons. The molecule has 9 nitrogen and oxygen atoms in total. The Kier molecular flexibility index (Phi) is 9.95. The van der Waals surface area contributed by atoms with Crippen molar-refractivity contribution in [2.45, 2.75) is 44.9 Å². The number of fused-ring (bicyclic) bond motifs is 1. The quantitative estimate of drug-likeness (QED) is 0.114. The number of para-hydroxylation sites is 1. The van der Waals surface area contributed by atoms with Crippen LogP contribution in [0.5, 0.6) is 11.5 Å². The fraction of sp³-hybridized carbons (Fsp3) is 0.182. The number of amides is 1. The van der Waals surface area contributed by atoms with E-state index in [2.05, 4.69) is 17.0 Å². The Morgan fingerprint density at radius 3 is 2.23 bits per heavy atom. The van der Waals surface area contributed by atoms with Crippen molar-refractivity contribution in [1.82, 2.24) is 0 Å². The Bertz CT molecular complexity index is 1800. The Balaban J connectivity index is 1.67.